The Morgan fingerprint density at radius 2 is 1.75 bits per heavy atom. The molecule has 2 aliphatic rings. The number of likely N-dealkylation sites (N-methyl/N-ethyl adjacent to an activating group) is 1. The number of amides is 4. The number of rotatable bonds is 3. The van der Waals surface area contributed by atoms with Gasteiger partial charge in [-0.15, -0.1) is 0 Å². The minimum Gasteiger partial charge on any atom is -0.337 e. The van der Waals surface area contributed by atoms with Crippen LogP contribution in [0.2, 0.25) is 0 Å². The summed E-state index contributed by atoms with van der Waals surface area (Å²) < 4.78 is 0. The highest BCUT2D eigenvalue weighted by atomic mass is 16.2. The first kappa shape index (κ1) is 18.0. The van der Waals surface area contributed by atoms with Crippen molar-refractivity contribution in [2.75, 3.05) is 61.4 Å². The minimum atomic E-state index is -0.143. The molecule has 1 aromatic heterocycles. The molecule has 0 radical (unpaired) electrons. The van der Waals surface area contributed by atoms with Gasteiger partial charge in [-0.05, 0) is 24.3 Å². The van der Waals surface area contributed by atoms with E-state index in [0.29, 0.717) is 50.9 Å². The molecule has 2 aliphatic heterocycles. The van der Waals surface area contributed by atoms with Crippen LogP contribution >= 0.6 is 0 Å². The van der Waals surface area contributed by atoms with E-state index in [1.165, 1.54) is 0 Å². The van der Waals surface area contributed by atoms with Crippen molar-refractivity contribution in [3.05, 3.63) is 42.7 Å². The Balaban J connectivity index is 1.36. The number of piperazine rings is 1. The van der Waals surface area contributed by atoms with Gasteiger partial charge in [0, 0.05) is 70.1 Å². The molecule has 9 heteroatoms. The average Bonchev–Trinajstić information content (AvgIpc) is 3.07. The van der Waals surface area contributed by atoms with Gasteiger partial charge in [0.05, 0.1) is 0 Å². The van der Waals surface area contributed by atoms with E-state index in [4.69, 9.17) is 0 Å². The fourth-order valence-electron chi connectivity index (χ4n) is 3.41. The molecule has 0 spiro atoms. The summed E-state index contributed by atoms with van der Waals surface area (Å²) >= 11 is 0. The van der Waals surface area contributed by atoms with Crippen LogP contribution in [0.4, 0.5) is 26.9 Å². The molecule has 3 heterocycles. The molecule has 4 rings (SSSR count). The molecule has 2 saturated heterocycles. The van der Waals surface area contributed by atoms with Gasteiger partial charge < -0.3 is 20.0 Å². The van der Waals surface area contributed by atoms with E-state index in [2.05, 4.69) is 20.2 Å². The number of aromatic nitrogens is 2. The van der Waals surface area contributed by atoms with E-state index in [-0.39, 0.29) is 12.1 Å². The average molecular weight is 381 g/mol. The summed E-state index contributed by atoms with van der Waals surface area (Å²) in [6, 6.07) is 9.02. The first-order valence-corrected chi connectivity index (χ1v) is 9.32. The Labute approximate surface area is 163 Å². The molecule has 0 saturated carbocycles. The molecule has 0 unspecified atom stereocenters. The van der Waals surface area contributed by atoms with Crippen molar-refractivity contribution in [3.8, 4) is 0 Å². The number of benzene rings is 1. The van der Waals surface area contributed by atoms with Crippen molar-refractivity contribution in [2.24, 2.45) is 0 Å². The van der Waals surface area contributed by atoms with Gasteiger partial charge in [0.25, 0.3) is 0 Å². The van der Waals surface area contributed by atoms with Crippen LogP contribution in [0.15, 0.2) is 42.7 Å². The molecule has 4 amide bonds. The number of nitrogens with one attached hydrogen (secondary N) is 1. The summed E-state index contributed by atoms with van der Waals surface area (Å²) in [5.41, 5.74) is 1.47. The van der Waals surface area contributed by atoms with Crippen molar-refractivity contribution in [1.29, 1.82) is 0 Å². The maximum atomic E-state index is 12.6. The van der Waals surface area contributed by atoms with E-state index < -0.39 is 0 Å². The van der Waals surface area contributed by atoms with Gasteiger partial charge in [-0.3, -0.25) is 4.90 Å². The fraction of sp³-hybridized carbons (Fsp3) is 0.368. The molecule has 2 fully saturated rings. The quantitative estimate of drug-likeness (QED) is 0.875. The number of anilines is 3. The van der Waals surface area contributed by atoms with Gasteiger partial charge in [-0.25, -0.2) is 19.6 Å². The lowest BCUT2D eigenvalue weighted by atomic mass is 10.2. The molecule has 0 aliphatic carbocycles. The van der Waals surface area contributed by atoms with Crippen LogP contribution in [0.1, 0.15) is 0 Å². The van der Waals surface area contributed by atoms with Crippen molar-refractivity contribution >= 4 is 29.4 Å². The predicted octanol–water partition coefficient (Wildman–Crippen LogP) is 1.70. The van der Waals surface area contributed by atoms with Crippen LogP contribution in [0, 0.1) is 0 Å². The molecular formula is C19H23N7O2. The Hall–Kier alpha value is -3.36. The zero-order chi connectivity index (χ0) is 19.5. The van der Waals surface area contributed by atoms with Crippen LogP contribution in [0.3, 0.4) is 0 Å². The van der Waals surface area contributed by atoms with E-state index >= 15 is 0 Å². The third-order valence-corrected chi connectivity index (χ3v) is 5.03. The van der Waals surface area contributed by atoms with Crippen molar-refractivity contribution in [2.45, 2.75) is 0 Å². The monoisotopic (exact) mass is 381 g/mol. The van der Waals surface area contributed by atoms with Crippen LogP contribution in [0.5, 0.6) is 0 Å². The summed E-state index contributed by atoms with van der Waals surface area (Å²) in [5.74, 6) is 0.690. The number of urea groups is 2. The standard InChI is InChI=1S/C19H23N7O2/c1-23-8-13-26(19(23)28)16-5-2-4-15(14-16)22-18(27)25-11-9-24(10-12-25)17-20-6-3-7-21-17/h2-7,14H,8-13H2,1H3,(H,22,27). The van der Waals surface area contributed by atoms with Gasteiger partial charge in [-0.1, -0.05) is 6.07 Å². The van der Waals surface area contributed by atoms with E-state index in [9.17, 15) is 9.59 Å². The van der Waals surface area contributed by atoms with Crippen LogP contribution in [-0.2, 0) is 0 Å². The number of hydrogen-bond acceptors (Lipinski definition) is 5. The second-order valence-electron chi connectivity index (χ2n) is 6.86. The summed E-state index contributed by atoms with van der Waals surface area (Å²) in [6.45, 7) is 3.91. The molecule has 0 atom stereocenters. The molecule has 28 heavy (non-hydrogen) atoms. The Kier molecular flexibility index (Phi) is 4.96. The second-order valence-corrected chi connectivity index (χ2v) is 6.86. The highest BCUT2D eigenvalue weighted by Crippen LogP contribution is 2.23. The third kappa shape index (κ3) is 3.68. The maximum absolute atomic E-state index is 12.6. The number of carbonyl (C=O) groups is 2. The van der Waals surface area contributed by atoms with E-state index in [1.54, 1.807) is 40.2 Å². The van der Waals surface area contributed by atoms with Gasteiger partial charge in [-0.2, -0.15) is 0 Å². The smallest absolute Gasteiger partial charge is 0.324 e. The summed E-state index contributed by atoms with van der Waals surface area (Å²) in [4.78, 5) is 40.6. The second kappa shape index (κ2) is 7.71. The predicted molar refractivity (Wildman–Crippen MR) is 107 cm³/mol. The lowest BCUT2D eigenvalue weighted by Gasteiger charge is -2.34. The third-order valence-electron chi connectivity index (χ3n) is 5.03. The zero-order valence-corrected chi connectivity index (χ0v) is 15.8. The first-order valence-electron chi connectivity index (χ1n) is 9.32. The number of carbonyl (C=O) groups excluding carboxylic acids is 2. The lowest BCUT2D eigenvalue weighted by Crippen LogP contribution is -2.50. The van der Waals surface area contributed by atoms with Crippen molar-refractivity contribution in [1.82, 2.24) is 19.8 Å². The maximum Gasteiger partial charge on any atom is 0.324 e. The zero-order valence-electron chi connectivity index (χ0n) is 15.8. The molecule has 0 bridgehead atoms. The fourth-order valence-corrected chi connectivity index (χ4v) is 3.41. The highest BCUT2D eigenvalue weighted by molar-refractivity contribution is 5.95. The Morgan fingerprint density at radius 1 is 1.00 bits per heavy atom. The minimum absolute atomic E-state index is 0.0253. The van der Waals surface area contributed by atoms with Crippen LogP contribution in [0.25, 0.3) is 0 Å². The van der Waals surface area contributed by atoms with E-state index in [1.807, 2.05) is 24.3 Å². The van der Waals surface area contributed by atoms with Crippen molar-refractivity contribution < 1.29 is 9.59 Å². The highest BCUT2D eigenvalue weighted by Gasteiger charge is 2.27. The molecule has 1 N–H and O–H groups in total. The first-order chi connectivity index (χ1) is 13.6. The molecule has 9 nitrogen and oxygen atoms in total. The van der Waals surface area contributed by atoms with Crippen molar-refractivity contribution in [3.63, 3.8) is 0 Å². The summed E-state index contributed by atoms with van der Waals surface area (Å²) in [5, 5.41) is 2.94. The van der Waals surface area contributed by atoms with Crippen LogP contribution in [-0.4, -0.2) is 78.1 Å². The summed E-state index contributed by atoms with van der Waals surface area (Å²) in [7, 11) is 1.79. The molecule has 2 aromatic rings. The van der Waals surface area contributed by atoms with E-state index in [0.717, 1.165) is 5.69 Å². The molecule has 1 aromatic carbocycles. The topological polar surface area (TPSA) is 84.9 Å². The van der Waals surface area contributed by atoms with Gasteiger partial charge in [0.15, 0.2) is 0 Å². The van der Waals surface area contributed by atoms with Gasteiger partial charge in [0.2, 0.25) is 5.95 Å². The normalized spacial score (nSPS) is 17.2. The lowest BCUT2D eigenvalue weighted by molar-refractivity contribution is 0.208. The van der Waals surface area contributed by atoms with Gasteiger partial charge in [0.1, 0.15) is 0 Å². The Bertz CT molecular complexity index is 852. The largest absolute Gasteiger partial charge is 0.337 e. The number of nitrogens with zero attached hydrogens (tertiary/aromatic N) is 6. The molecular weight excluding hydrogens is 358 g/mol. The van der Waals surface area contributed by atoms with Gasteiger partial charge >= 0.3 is 12.1 Å². The molecule has 146 valence electrons. The Morgan fingerprint density at radius 3 is 2.43 bits per heavy atom. The number of hydrogen-bond donors (Lipinski definition) is 1. The SMILES string of the molecule is CN1CCN(c2cccc(NC(=O)N3CCN(c4ncccn4)CC3)c2)C1=O. The summed E-state index contributed by atoms with van der Waals surface area (Å²) in [6.07, 6.45) is 3.44. The van der Waals surface area contributed by atoms with Crippen LogP contribution < -0.4 is 15.1 Å².